The Morgan fingerprint density at radius 2 is 1.96 bits per heavy atom. The number of carbonyl (C=O) groups excluding carboxylic acids is 2. The summed E-state index contributed by atoms with van der Waals surface area (Å²) in [5.41, 5.74) is 6.94. The lowest BCUT2D eigenvalue weighted by molar-refractivity contribution is 0.0475. The van der Waals surface area contributed by atoms with Gasteiger partial charge in [0.2, 0.25) is 5.78 Å². The number of Topliss-reactive ketones (excluding diaryl/α,β-unsaturated/α-hetero) is 1. The first-order valence-corrected chi connectivity index (χ1v) is 8.32. The molecular formula is C19H15ClFN3O3. The minimum Gasteiger partial charge on any atom is -0.454 e. The van der Waals surface area contributed by atoms with Gasteiger partial charge in [0, 0.05) is 5.56 Å². The highest BCUT2D eigenvalue weighted by Crippen LogP contribution is 2.22. The summed E-state index contributed by atoms with van der Waals surface area (Å²) in [6.45, 7) is 1.07. The zero-order chi connectivity index (χ0) is 19.6. The number of aromatic nitrogens is 2. The van der Waals surface area contributed by atoms with Gasteiger partial charge in [-0.1, -0.05) is 29.8 Å². The number of anilines is 1. The molecule has 1 heterocycles. The van der Waals surface area contributed by atoms with Crippen molar-refractivity contribution in [3.05, 3.63) is 76.2 Å². The molecule has 27 heavy (non-hydrogen) atoms. The first-order chi connectivity index (χ1) is 12.9. The summed E-state index contributed by atoms with van der Waals surface area (Å²) in [5.74, 6) is -1.71. The van der Waals surface area contributed by atoms with Crippen molar-refractivity contribution in [3.63, 3.8) is 0 Å². The summed E-state index contributed by atoms with van der Waals surface area (Å²) in [6, 6.07) is 12.1. The van der Waals surface area contributed by atoms with Crippen LogP contribution in [0.5, 0.6) is 0 Å². The minimum atomic E-state index is -0.798. The van der Waals surface area contributed by atoms with E-state index in [1.54, 1.807) is 37.3 Å². The number of hydrogen-bond acceptors (Lipinski definition) is 5. The Morgan fingerprint density at radius 3 is 2.67 bits per heavy atom. The SMILES string of the molecule is Cc1nn(-c2cccc(F)c2)c(N)c1C(=O)OCC(=O)c1ccccc1Cl. The first kappa shape index (κ1) is 18.6. The van der Waals surface area contributed by atoms with E-state index >= 15 is 0 Å². The number of nitrogen functional groups attached to an aromatic ring is 1. The van der Waals surface area contributed by atoms with Crippen LogP contribution in [0.4, 0.5) is 10.2 Å². The van der Waals surface area contributed by atoms with Crippen LogP contribution in [0.15, 0.2) is 48.5 Å². The van der Waals surface area contributed by atoms with E-state index in [1.807, 2.05) is 0 Å². The lowest BCUT2D eigenvalue weighted by atomic mass is 10.1. The van der Waals surface area contributed by atoms with Crippen molar-refractivity contribution in [3.8, 4) is 5.69 Å². The maximum absolute atomic E-state index is 13.4. The highest BCUT2D eigenvalue weighted by molar-refractivity contribution is 6.34. The maximum Gasteiger partial charge on any atom is 0.344 e. The second-order valence-corrected chi connectivity index (χ2v) is 6.12. The minimum absolute atomic E-state index is 0.00621. The lowest BCUT2D eigenvalue weighted by Crippen LogP contribution is -2.16. The van der Waals surface area contributed by atoms with E-state index < -0.39 is 24.2 Å². The molecule has 0 aliphatic rings. The average Bonchev–Trinajstić information content (AvgIpc) is 2.94. The van der Waals surface area contributed by atoms with Crippen LogP contribution < -0.4 is 5.73 Å². The summed E-state index contributed by atoms with van der Waals surface area (Å²) in [7, 11) is 0. The van der Waals surface area contributed by atoms with Crippen molar-refractivity contribution in [1.29, 1.82) is 0 Å². The molecule has 0 aliphatic heterocycles. The van der Waals surface area contributed by atoms with Gasteiger partial charge in [-0.05, 0) is 37.3 Å². The van der Waals surface area contributed by atoms with E-state index in [4.69, 9.17) is 22.1 Å². The summed E-state index contributed by atoms with van der Waals surface area (Å²) < 4.78 is 19.8. The van der Waals surface area contributed by atoms with Gasteiger partial charge in [-0.3, -0.25) is 4.79 Å². The molecule has 0 aliphatic carbocycles. The van der Waals surface area contributed by atoms with Crippen molar-refractivity contribution in [2.75, 3.05) is 12.3 Å². The molecule has 138 valence electrons. The van der Waals surface area contributed by atoms with Gasteiger partial charge in [-0.15, -0.1) is 0 Å². The number of hydrogen-bond donors (Lipinski definition) is 1. The predicted molar refractivity (Wildman–Crippen MR) is 98.7 cm³/mol. The van der Waals surface area contributed by atoms with E-state index in [-0.39, 0.29) is 22.0 Å². The number of nitrogens with zero attached hydrogens (tertiary/aromatic N) is 2. The van der Waals surface area contributed by atoms with Gasteiger partial charge in [-0.2, -0.15) is 5.10 Å². The molecule has 0 unspecified atom stereocenters. The average molecular weight is 388 g/mol. The molecule has 1 aromatic heterocycles. The third-order valence-electron chi connectivity index (χ3n) is 3.86. The van der Waals surface area contributed by atoms with Crippen molar-refractivity contribution >= 4 is 29.2 Å². The number of halogens is 2. The maximum atomic E-state index is 13.4. The molecule has 0 saturated carbocycles. The van der Waals surface area contributed by atoms with E-state index in [0.717, 1.165) is 0 Å². The third kappa shape index (κ3) is 3.83. The number of ketones is 1. The van der Waals surface area contributed by atoms with Crippen LogP contribution in [0, 0.1) is 12.7 Å². The Kier molecular flexibility index (Phi) is 5.23. The summed E-state index contributed by atoms with van der Waals surface area (Å²) >= 11 is 5.96. The van der Waals surface area contributed by atoms with Gasteiger partial charge in [0.1, 0.15) is 17.2 Å². The molecule has 2 aromatic carbocycles. The molecule has 0 amide bonds. The second-order valence-electron chi connectivity index (χ2n) is 5.72. The van der Waals surface area contributed by atoms with E-state index in [9.17, 15) is 14.0 Å². The fourth-order valence-electron chi connectivity index (χ4n) is 2.57. The standard InChI is InChI=1S/C19H15ClFN3O3/c1-11-17(18(22)24(23-11)13-6-4-5-12(21)9-13)19(26)27-10-16(25)14-7-2-3-8-15(14)20/h2-9H,10,22H2,1H3. The number of aryl methyl sites for hydroxylation is 1. The number of carbonyl (C=O) groups is 2. The zero-order valence-corrected chi connectivity index (χ0v) is 15.0. The molecule has 0 radical (unpaired) electrons. The van der Waals surface area contributed by atoms with E-state index in [1.165, 1.54) is 22.9 Å². The van der Waals surface area contributed by atoms with Gasteiger partial charge in [0.25, 0.3) is 0 Å². The zero-order valence-electron chi connectivity index (χ0n) is 14.3. The number of rotatable bonds is 5. The smallest absolute Gasteiger partial charge is 0.344 e. The number of nitrogens with two attached hydrogens (primary N) is 1. The Balaban J connectivity index is 1.80. The van der Waals surface area contributed by atoms with Crippen molar-refractivity contribution in [1.82, 2.24) is 9.78 Å². The molecule has 3 rings (SSSR count). The number of benzene rings is 2. The summed E-state index contributed by atoms with van der Waals surface area (Å²) in [4.78, 5) is 24.6. The summed E-state index contributed by atoms with van der Waals surface area (Å²) in [5, 5.41) is 4.43. The van der Waals surface area contributed by atoms with Crippen LogP contribution in [0.25, 0.3) is 5.69 Å². The lowest BCUT2D eigenvalue weighted by Gasteiger charge is -2.07. The Hall–Kier alpha value is -3.19. The Labute approximate surface area is 159 Å². The molecule has 0 fully saturated rings. The highest BCUT2D eigenvalue weighted by Gasteiger charge is 2.23. The van der Waals surface area contributed by atoms with Gasteiger partial charge in [0.05, 0.1) is 16.4 Å². The molecule has 0 spiro atoms. The normalized spacial score (nSPS) is 10.6. The second kappa shape index (κ2) is 7.59. The van der Waals surface area contributed by atoms with Gasteiger partial charge in [-0.25, -0.2) is 13.9 Å². The first-order valence-electron chi connectivity index (χ1n) is 7.94. The van der Waals surface area contributed by atoms with Crippen molar-refractivity contribution < 1.29 is 18.7 Å². The molecule has 8 heteroatoms. The fourth-order valence-corrected chi connectivity index (χ4v) is 2.81. The molecule has 0 saturated heterocycles. The Bertz CT molecular complexity index is 1030. The van der Waals surface area contributed by atoms with Crippen LogP contribution in [-0.4, -0.2) is 28.1 Å². The van der Waals surface area contributed by atoms with Crippen molar-refractivity contribution in [2.45, 2.75) is 6.92 Å². The number of ether oxygens (including phenoxy) is 1. The highest BCUT2D eigenvalue weighted by atomic mass is 35.5. The van der Waals surface area contributed by atoms with Crippen LogP contribution in [0.1, 0.15) is 26.4 Å². The largest absolute Gasteiger partial charge is 0.454 e. The molecule has 3 aromatic rings. The molecular weight excluding hydrogens is 373 g/mol. The monoisotopic (exact) mass is 387 g/mol. The van der Waals surface area contributed by atoms with Crippen LogP contribution >= 0.6 is 11.6 Å². The van der Waals surface area contributed by atoms with Crippen LogP contribution in [0.2, 0.25) is 5.02 Å². The molecule has 0 bridgehead atoms. The Morgan fingerprint density at radius 1 is 1.22 bits per heavy atom. The van der Waals surface area contributed by atoms with Gasteiger partial charge < -0.3 is 10.5 Å². The predicted octanol–water partition coefficient (Wildman–Crippen LogP) is 3.60. The van der Waals surface area contributed by atoms with Crippen LogP contribution in [-0.2, 0) is 4.74 Å². The quantitative estimate of drug-likeness (QED) is 0.534. The third-order valence-corrected chi connectivity index (χ3v) is 4.19. The summed E-state index contributed by atoms with van der Waals surface area (Å²) in [6.07, 6.45) is 0. The van der Waals surface area contributed by atoms with E-state index in [0.29, 0.717) is 11.4 Å². The topological polar surface area (TPSA) is 87.2 Å². The van der Waals surface area contributed by atoms with Gasteiger partial charge in [0.15, 0.2) is 6.61 Å². The van der Waals surface area contributed by atoms with Crippen molar-refractivity contribution in [2.24, 2.45) is 0 Å². The number of esters is 1. The van der Waals surface area contributed by atoms with E-state index in [2.05, 4.69) is 5.10 Å². The molecule has 2 N–H and O–H groups in total. The van der Waals surface area contributed by atoms with Gasteiger partial charge >= 0.3 is 5.97 Å². The molecule has 6 nitrogen and oxygen atoms in total. The van der Waals surface area contributed by atoms with Crippen LogP contribution in [0.3, 0.4) is 0 Å². The fraction of sp³-hybridized carbons (Fsp3) is 0.105. The molecule has 0 atom stereocenters.